The molecule has 0 saturated carbocycles. The number of ether oxygens (including phenoxy) is 2. The lowest BCUT2D eigenvalue weighted by Crippen LogP contribution is -2.43. The zero-order chi connectivity index (χ0) is 18.2. The molecule has 0 radical (unpaired) electrons. The fourth-order valence-corrected chi connectivity index (χ4v) is 3.31. The maximum Gasteiger partial charge on any atom is 0.346 e. The minimum atomic E-state index is -1.12. The van der Waals surface area contributed by atoms with Crippen molar-refractivity contribution in [2.75, 3.05) is 13.7 Å². The molecule has 0 bridgehead atoms. The Bertz CT molecular complexity index is 761. The van der Waals surface area contributed by atoms with E-state index in [0.29, 0.717) is 12.8 Å². The smallest absolute Gasteiger partial charge is 0.346 e. The van der Waals surface area contributed by atoms with Crippen molar-refractivity contribution in [3.05, 3.63) is 35.4 Å². The first-order valence-electron chi connectivity index (χ1n) is 7.89. The first kappa shape index (κ1) is 16.9. The number of imide groups is 1. The quantitative estimate of drug-likeness (QED) is 0.629. The Balaban J connectivity index is 1.75. The Kier molecular flexibility index (Phi) is 4.20. The van der Waals surface area contributed by atoms with Crippen LogP contribution in [0.1, 0.15) is 24.5 Å². The second-order valence-electron chi connectivity index (χ2n) is 6.04. The molecule has 8 nitrogen and oxygen atoms in total. The molecule has 1 aromatic carbocycles. The van der Waals surface area contributed by atoms with Crippen molar-refractivity contribution < 1.29 is 28.7 Å². The predicted octanol–water partition coefficient (Wildman–Crippen LogP) is 0.485. The van der Waals surface area contributed by atoms with Crippen molar-refractivity contribution in [1.29, 1.82) is 0 Å². The van der Waals surface area contributed by atoms with Gasteiger partial charge >= 0.3 is 18.0 Å². The van der Waals surface area contributed by atoms with E-state index in [1.807, 2.05) is 18.2 Å². The third-order valence-electron chi connectivity index (χ3n) is 4.55. The van der Waals surface area contributed by atoms with E-state index in [9.17, 15) is 19.2 Å². The molecule has 1 aliphatic heterocycles. The molecule has 8 heteroatoms. The van der Waals surface area contributed by atoms with E-state index in [-0.39, 0.29) is 0 Å². The van der Waals surface area contributed by atoms with Crippen molar-refractivity contribution in [2.24, 2.45) is 0 Å². The number of rotatable bonds is 4. The molecule has 2 aliphatic rings. The molecule has 132 valence electrons. The first-order chi connectivity index (χ1) is 11.9. The average molecular weight is 346 g/mol. The van der Waals surface area contributed by atoms with Crippen LogP contribution in [0.3, 0.4) is 0 Å². The Labute approximate surface area is 144 Å². The molecule has 1 aromatic rings. The van der Waals surface area contributed by atoms with Crippen LogP contribution < -0.4 is 5.32 Å². The number of esters is 2. The van der Waals surface area contributed by atoms with E-state index in [1.165, 1.54) is 14.0 Å². The average Bonchev–Trinajstić information content (AvgIpc) is 3.08. The lowest BCUT2D eigenvalue weighted by Gasteiger charge is -2.22. The van der Waals surface area contributed by atoms with E-state index in [0.717, 1.165) is 16.0 Å². The molecule has 25 heavy (non-hydrogen) atoms. The van der Waals surface area contributed by atoms with Crippen molar-refractivity contribution in [1.82, 2.24) is 10.2 Å². The fraction of sp³-hybridized carbons (Fsp3) is 0.412. The largest absolute Gasteiger partial charge is 0.466 e. The molecular weight excluding hydrogens is 328 g/mol. The number of aryl methyl sites for hydroxylation is 1. The number of methoxy groups -OCH3 is 1. The highest BCUT2D eigenvalue weighted by Gasteiger charge is 2.55. The van der Waals surface area contributed by atoms with Crippen molar-refractivity contribution in [3.8, 4) is 0 Å². The minimum Gasteiger partial charge on any atom is -0.466 e. The van der Waals surface area contributed by atoms with Gasteiger partial charge in [-0.3, -0.25) is 14.5 Å². The monoisotopic (exact) mass is 346 g/mol. The highest BCUT2D eigenvalue weighted by Crippen LogP contribution is 2.41. The second-order valence-corrected chi connectivity index (χ2v) is 6.04. The number of nitrogens with one attached hydrogen (secondary N) is 1. The Morgan fingerprint density at radius 3 is 2.76 bits per heavy atom. The number of fused-ring (bicyclic) bond motifs is 2. The number of hydrogen-bond acceptors (Lipinski definition) is 6. The lowest BCUT2D eigenvalue weighted by molar-refractivity contribution is -0.165. The van der Waals surface area contributed by atoms with Gasteiger partial charge in [0.15, 0.2) is 6.10 Å². The third-order valence-corrected chi connectivity index (χ3v) is 4.55. The fourth-order valence-electron chi connectivity index (χ4n) is 3.31. The zero-order valence-electron chi connectivity index (χ0n) is 13.9. The molecule has 3 amide bonds. The molecule has 3 rings (SSSR count). The highest BCUT2D eigenvalue weighted by atomic mass is 16.6. The molecule has 1 fully saturated rings. The summed E-state index contributed by atoms with van der Waals surface area (Å²) in [6.45, 7) is 0.792. The van der Waals surface area contributed by atoms with Crippen molar-refractivity contribution in [2.45, 2.75) is 31.4 Å². The van der Waals surface area contributed by atoms with Gasteiger partial charge in [0.1, 0.15) is 12.1 Å². The number of nitrogens with zero attached hydrogens (tertiary/aromatic N) is 1. The van der Waals surface area contributed by atoms with E-state index >= 15 is 0 Å². The maximum absolute atomic E-state index is 12.9. The van der Waals surface area contributed by atoms with Crippen LogP contribution in [0.15, 0.2) is 24.3 Å². The summed E-state index contributed by atoms with van der Waals surface area (Å²) in [6, 6.07) is 6.76. The van der Waals surface area contributed by atoms with Gasteiger partial charge in [0.25, 0.3) is 5.91 Å². The van der Waals surface area contributed by atoms with Crippen LogP contribution in [0.5, 0.6) is 0 Å². The van der Waals surface area contributed by atoms with E-state index in [2.05, 4.69) is 10.1 Å². The Morgan fingerprint density at radius 1 is 1.32 bits per heavy atom. The van der Waals surface area contributed by atoms with Crippen LogP contribution in [0, 0.1) is 0 Å². The first-order valence-corrected chi connectivity index (χ1v) is 7.89. The molecule has 2 atom stereocenters. The summed E-state index contributed by atoms with van der Waals surface area (Å²) < 4.78 is 9.36. The molecule has 1 heterocycles. The van der Waals surface area contributed by atoms with Crippen LogP contribution in [-0.4, -0.2) is 48.5 Å². The van der Waals surface area contributed by atoms with Crippen molar-refractivity contribution in [3.63, 3.8) is 0 Å². The van der Waals surface area contributed by atoms with Gasteiger partial charge in [0.05, 0.1) is 7.11 Å². The van der Waals surface area contributed by atoms with Gasteiger partial charge in [-0.2, -0.15) is 0 Å². The molecule has 1 saturated heterocycles. The molecule has 0 unspecified atom stereocenters. The number of urea groups is 1. The number of benzene rings is 1. The highest BCUT2D eigenvalue weighted by molar-refractivity contribution is 6.09. The van der Waals surface area contributed by atoms with Gasteiger partial charge in [-0.15, -0.1) is 0 Å². The maximum atomic E-state index is 12.9. The van der Waals surface area contributed by atoms with Crippen LogP contribution in [0.4, 0.5) is 4.79 Å². The van der Waals surface area contributed by atoms with Crippen molar-refractivity contribution >= 4 is 23.9 Å². The van der Waals surface area contributed by atoms with E-state index < -0.39 is 42.1 Å². The third kappa shape index (κ3) is 2.73. The molecule has 0 aromatic heterocycles. The van der Waals surface area contributed by atoms with Crippen LogP contribution >= 0.6 is 0 Å². The van der Waals surface area contributed by atoms with Gasteiger partial charge in [-0.25, -0.2) is 9.59 Å². The summed E-state index contributed by atoms with van der Waals surface area (Å²) in [5.74, 6) is -2.05. The lowest BCUT2D eigenvalue weighted by atomic mass is 9.92. The zero-order valence-corrected chi connectivity index (χ0v) is 13.9. The number of carbonyl (C=O) groups excluding carboxylic acids is 4. The minimum absolute atomic E-state index is 0.445. The van der Waals surface area contributed by atoms with Gasteiger partial charge in [0, 0.05) is 0 Å². The summed E-state index contributed by atoms with van der Waals surface area (Å²) in [7, 11) is 1.17. The topological polar surface area (TPSA) is 102 Å². The standard InChI is InChI=1S/C17H18N2O6/c1-10(14(21)24-2)25-13(20)9-19-15(22)17(18-16(19)23)8-7-11-5-3-4-6-12(11)17/h3-6,10H,7-9H2,1-2H3,(H,18,23)/t10-,17-/m0/s1. The second kappa shape index (κ2) is 6.19. The Morgan fingerprint density at radius 2 is 2.04 bits per heavy atom. The van der Waals surface area contributed by atoms with Gasteiger partial charge < -0.3 is 14.8 Å². The predicted molar refractivity (Wildman–Crippen MR) is 84.3 cm³/mol. The van der Waals surface area contributed by atoms with E-state index in [1.54, 1.807) is 6.07 Å². The van der Waals surface area contributed by atoms with Crippen LogP contribution in [-0.2, 0) is 35.8 Å². The Hall–Kier alpha value is -2.90. The SMILES string of the molecule is COC(=O)[C@H](C)OC(=O)CN1C(=O)N[C@]2(CCc3ccccc32)C1=O. The van der Waals surface area contributed by atoms with Crippen LogP contribution in [0.2, 0.25) is 0 Å². The van der Waals surface area contributed by atoms with Gasteiger partial charge in [0.2, 0.25) is 0 Å². The van der Waals surface area contributed by atoms with Gasteiger partial charge in [-0.1, -0.05) is 24.3 Å². The normalized spacial score (nSPS) is 22.6. The summed E-state index contributed by atoms with van der Waals surface area (Å²) in [5.41, 5.74) is 0.633. The van der Waals surface area contributed by atoms with Crippen LogP contribution in [0.25, 0.3) is 0 Å². The molecule has 1 aliphatic carbocycles. The summed E-state index contributed by atoms with van der Waals surface area (Å²) >= 11 is 0. The molecular formula is C17H18N2O6. The van der Waals surface area contributed by atoms with E-state index in [4.69, 9.17) is 4.74 Å². The molecule has 1 spiro atoms. The number of amides is 3. The number of carbonyl (C=O) groups is 4. The van der Waals surface area contributed by atoms with Gasteiger partial charge in [-0.05, 0) is 30.9 Å². The number of hydrogen-bond donors (Lipinski definition) is 1. The molecule has 1 N–H and O–H groups in total. The summed E-state index contributed by atoms with van der Waals surface area (Å²) in [5, 5.41) is 2.72. The summed E-state index contributed by atoms with van der Waals surface area (Å²) in [4.78, 5) is 49.2. The summed E-state index contributed by atoms with van der Waals surface area (Å²) in [6.07, 6.45) is 0.000354.